The molecule has 182 valence electrons. The number of carboxylic acid groups (broad SMARTS) is 1. The molecule has 0 amide bonds. The lowest BCUT2D eigenvalue weighted by molar-refractivity contribution is -0.192. The summed E-state index contributed by atoms with van der Waals surface area (Å²) in [7, 11) is -1.85. The molecule has 1 spiro atoms. The second-order valence-electron chi connectivity index (χ2n) is 8.21. The van der Waals surface area contributed by atoms with Gasteiger partial charge in [0.1, 0.15) is 10.6 Å². The number of piperidine rings is 1. The van der Waals surface area contributed by atoms with Crippen LogP contribution in [-0.2, 0) is 21.4 Å². The number of aliphatic carboxylic acids is 1. The Morgan fingerprint density at radius 1 is 1.18 bits per heavy atom. The minimum Gasteiger partial charge on any atom is -0.492 e. The third-order valence-electron chi connectivity index (χ3n) is 5.77. The monoisotopic (exact) mass is 490 g/mol. The molecule has 1 N–H and O–H groups in total. The van der Waals surface area contributed by atoms with Gasteiger partial charge < -0.3 is 14.3 Å². The van der Waals surface area contributed by atoms with Crippen LogP contribution in [0.2, 0.25) is 0 Å². The first-order valence-corrected chi connectivity index (χ1v) is 11.6. The first kappa shape index (κ1) is 25.1. The summed E-state index contributed by atoms with van der Waals surface area (Å²) in [5, 5.41) is 7.12. The fraction of sp³-hybridized carbons (Fsp3) is 0.476. The predicted molar refractivity (Wildman–Crippen MR) is 111 cm³/mol. The van der Waals surface area contributed by atoms with Crippen LogP contribution in [0, 0.1) is 5.41 Å². The van der Waals surface area contributed by atoms with Crippen LogP contribution in [0.25, 0.3) is 0 Å². The number of benzene rings is 1. The number of fused-ring (bicyclic) bond motifs is 1. The maximum Gasteiger partial charge on any atom is 0.490 e. The van der Waals surface area contributed by atoms with Crippen molar-refractivity contribution in [3.63, 3.8) is 0 Å². The highest BCUT2D eigenvalue weighted by Crippen LogP contribution is 2.38. The van der Waals surface area contributed by atoms with Crippen molar-refractivity contribution in [1.29, 1.82) is 0 Å². The van der Waals surface area contributed by atoms with E-state index in [0.29, 0.717) is 18.9 Å². The van der Waals surface area contributed by atoms with Crippen molar-refractivity contribution in [3.05, 3.63) is 48.4 Å². The van der Waals surface area contributed by atoms with Crippen molar-refractivity contribution in [1.82, 2.24) is 9.21 Å². The van der Waals surface area contributed by atoms with E-state index in [1.165, 1.54) is 9.87 Å². The van der Waals surface area contributed by atoms with Crippen LogP contribution in [0.15, 0.2) is 52.2 Å². The Morgan fingerprint density at radius 3 is 2.39 bits per heavy atom. The number of rotatable bonds is 2. The van der Waals surface area contributed by atoms with Crippen LogP contribution in [-0.4, -0.2) is 68.2 Å². The van der Waals surface area contributed by atoms with Gasteiger partial charge in [0.2, 0.25) is 10.0 Å². The van der Waals surface area contributed by atoms with Gasteiger partial charge in [-0.1, -0.05) is 12.1 Å². The Morgan fingerprint density at radius 2 is 1.82 bits per heavy atom. The first-order chi connectivity index (χ1) is 15.4. The summed E-state index contributed by atoms with van der Waals surface area (Å²) in [4.78, 5) is 11.5. The molecule has 1 saturated heterocycles. The zero-order valence-electron chi connectivity index (χ0n) is 17.9. The normalized spacial score (nSPS) is 20.5. The first-order valence-electron chi connectivity index (χ1n) is 10.1. The van der Waals surface area contributed by atoms with E-state index in [1.807, 2.05) is 12.1 Å². The Labute approximate surface area is 189 Å². The fourth-order valence-corrected chi connectivity index (χ4v) is 5.32. The van der Waals surface area contributed by atoms with E-state index < -0.39 is 22.2 Å². The number of carbonyl (C=O) groups is 1. The third kappa shape index (κ3) is 6.06. The number of furan rings is 1. The highest BCUT2D eigenvalue weighted by atomic mass is 32.2. The number of sulfonamides is 1. The maximum atomic E-state index is 12.9. The predicted octanol–water partition coefficient (Wildman–Crippen LogP) is 3.21. The average Bonchev–Trinajstić information content (AvgIpc) is 3.26. The number of hydrogen-bond acceptors (Lipinski definition) is 6. The number of carboxylic acids is 1. The molecule has 1 fully saturated rings. The second kappa shape index (κ2) is 9.74. The number of alkyl halides is 3. The Kier molecular flexibility index (Phi) is 7.39. The Hall–Kier alpha value is -2.57. The molecule has 0 saturated carbocycles. The molecule has 0 unspecified atom stereocenters. The molecule has 8 nitrogen and oxygen atoms in total. The van der Waals surface area contributed by atoms with Crippen LogP contribution < -0.4 is 4.74 Å². The van der Waals surface area contributed by atoms with Crippen LogP contribution in [0.4, 0.5) is 13.2 Å². The molecule has 12 heteroatoms. The molecule has 0 aliphatic carbocycles. The van der Waals surface area contributed by atoms with Gasteiger partial charge in [0.25, 0.3) is 0 Å². The molecule has 2 aliphatic heterocycles. The fourth-order valence-electron chi connectivity index (χ4n) is 3.91. The highest BCUT2D eigenvalue weighted by Gasteiger charge is 2.41. The molecule has 0 radical (unpaired) electrons. The van der Waals surface area contributed by atoms with Gasteiger partial charge in [-0.3, -0.25) is 4.90 Å². The lowest BCUT2D eigenvalue weighted by atomic mass is 9.79. The van der Waals surface area contributed by atoms with Crippen LogP contribution >= 0.6 is 0 Å². The molecule has 1 aromatic carbocycles. The number of likely N-dealkylation sites (tertiary alicyclic amines) is 1. The number of ether oxygens (including phenoxy) is 1. The summed E-state index contributed by atoms with van der Waals surface area (Å²) in [6.45, 7) is 3.74. The summed E-state index contributed by atoms with van der Waals surface area (Å²) in [5.74, 6) is -2.30. The molecular weight excluding hydrogens is 465 g/mol. The van der Waals surface area contributed by atoms with E-state index in [0.717, 1.165) is 32.5 Å². The van der Waals surface area contributed by atoms with Gasteiger partial charge in [-0.25, -0.2) is 17.5 Å². The molecule has 2 aromatic rings. The van der Waals surface area contributed by atoms with Crippen molar-refractivity contribution in [3.8, 4) is 5.75 Å². The van der Waals surface area contributed by atoms with E-state index in [1.54, 1.807) is 37.8 Å². The maximum absolute atomic E-state index is 12.9. The molecule has 0 atom stereocenters. The van der Waals surface area contributed by atoms with Gasteiger partial charge in [-0.05, 0) is 44.1 Å². The van der Waals surface area contributed by atoms with E-state index in [9.17, 15) is 21.6 Å². The summed E-state index contributed by atoms with van der Waals surface area (Å²) >= 11 is 0. The van der Waals surface area contributed by atoms with Gasteiger partial charge in [-0.15, -0.1) is 0 Å². The summed E-state index contributed by atoms with van der Waals surface area (Å²) in [6.07, 6.45) is 0.209. The van der Waals surface area contributed by atoms with Crippen molar-refractivity contribution in [2.75, 3.05) is 33.3 Å². The number of hydrogen-bond donors (Lipinski definition) is 1. The number of para-hydroxylation sites is 1. The highest BCUT2D eigenvalue weighted by molar-refractivity contribution is 7.89. The van der Waals surface area contributed by atoms with Crippen molar-refractivity contribution < 1.29 is 40.6 Å². The average molecular weight is 491 g/mol. The van der Waals surface area contributed by atoms with Gasteiger partial charge >= 0.3 is 12.1 Å². The number of nitrogens with zero attached hydrogens (tertiary/aromatic N) is 2. The standard InChI is InChI=1S/C19H24N2O4S.C2HF3O2/c1-20-14-19(7-9-21(10-8-19)12-16-6-11-24-13-16)15-25-17-4-2-3-5-18(17)26(20,22)23;3-2(4,5)1(6)7/h2-6,11,13H,7-10,12,14-15H2,1H3;(H,6,7). The molecule has 2 aliphatic rings. The SMILES string of the molecule is CN1CC2(CCN(Cc3ccoc3)CC2)COc2ccccc2S1(=O)=O.O=C(O)C(F)(F)F. The Balaban J connectivity index is 0.000000383. The van der Waals surface area contributed by atoms with Crippen molar-refractivity contribution >= 4 is 16.0 Å². The van der Waals surface area contributed by atoms with Gasteiger partial charge in [0.15, 0.2) is 0 Å². The summed E-state index contributed by atoms with van der Waals surface area (Å²) < 4.78 is 70.2. The van der Waals surface area contributed by atoms with Crippen LogP contribution in [0.3, 0.4) is 0 Å². The Bertz CT molecular complexity index is 1050. The van der Waals surface area contributed by atoms with E-state index in [-0.39, 0.29) is 10.3 Å². The number of halogens is 3. The van der Waals surface area contributed by atoms with E-state index in [4.69, 9.17) is 19.1 Å². The lowest BCUT2D eigenvalue weighted by Crippen LogP contribution is -2.50. The molecule has 4 rings (SSSR count). The van der Waals surface area contributed by atoms with Gasteiger partial charge in [0.05, 0.1) is 19.1 Å². The third-order valence-corrected chi connectivity index (χ3v) is 7.62. The van der Waals surface area contributed by atoms with Gasteiger partial charge in [-0.2, -0.15) is 13.2 Å². The van der Waals surface area contributed by atoms with E-state index >= 15 is 0 Å². The van der Waals surface area contributed by atoms with E-state index in [2.05, 4.69) is 4.90 Å². The quantitative estimate of drug-likeness (QED) is 0.690. The summed E-state index contributed by atoms with van der Waals surface area (Å²) in [5.41, 5.74) is 1.02. The second-order valence-corrected chi connectivity index (χ2v) is 10.2. The minimum absolute atomic E-state index is 0.151. The van der Waals surface area contributed by atoms with Crippen LogP contribution in [0.1, 0.15) is 18.4 Å². The minimum atomic E-state index is -5.08. The molecule has 0 bridgehead atoms. The smallest absolute Gasteiger partial charge is 0.490 e. The van der Waals surface area contributed by atoms with Crippen molar-refractivity contribution in [2.45, 2.75) is 30.5 Å². The zero-order chi connectivity index (χ0) is 24.3. The molecule has 33 heavy (non-hydrogen) atoms. The zero-order valence-corrected chi connectivity index (χ0v) is 18.7. The molecule has 3 heterocycles. The topological polar surface area (TPSA) is 100 Å². The molecular formula is C21H25F3N2O6S. The molecule has 1 aromatic heterocycles. The lowest BCUT2D eigenvalue weighted by Gasteiger charge is -2.44. The summed E-state index contributed by atoms with van der Waals surface area (Å²) in [6, 6.07) is 8.90. The van der Waals surface area contributed by atoms with Crippen molar-refractivity contribution in [2.24, 2.45) is 5.41 Å². The largest absolute Gasteiger partial charge is 0.492 e. The van der Waals surface area contributed by atoms with Gasteiger partial charge in [0, 0.05) is 31.1 Å². The van der Waals surface area contributed by atoms with Crippen LogP contribution in [0.5, 0.6) is 5.75 Å².